The molecule has 0 saturated carbocycles. The fourth-order valence-corrected chi connectivity index (χ4v) is 6.63. The quantitative estimate of drug-likeness (QED) is 0.236. The highest BCUT2D eigenvalue weighted by Crippen LogP contribution is 2.48. The van der Waals surface area contributed by atoms with Crippen molar-refractivity contribution in [3.63, 3.8) is 0 Å². The van der Waals surface area contributed by atoms with Gasteiger partial charge >= 0.3 is 0 Å². The Bertz CT molecular complexity index is 1560. The lowest BCUT2D eigenvalue weighted by Gasteiger charge is -2.16. The topological polar surface area (TPSA) is 59.6 Å². The largest absolute Gasteiger partial charge is 0.354 e. The van der Waals surface area contributed by atoms with Crippen LogP contribution in [0.15, 0.2) is 86.3 Å². The Morgan fingerprint density at radius 3 is 1.89 bits per heavy atom. The maximum absolute atomic E-state index is 9.60. The first-order chi connectivity index (χ1) is 17.3. The molecule has 0 aromatic heterocycles. The SMILES string of the molecule is N#Cc1cccc(Nc2cc(Cl)c(Sc3cc(Cl)ccc3Cl)c(Sc3cc(Cl)ccc3Cl)c2)c1C#N. The number of rotatable bonds is 6. The number of nitriles is 2. The summed E-state index contributed by atoms with van der Waals surface area (Å²) in [4.78, 5) is 2.98. The minimum atomic E-state index is 0.243. The van der Waals surface area contributed by atoms with Crippen LogP contribution in [0, 0.1) is 22.7 Å². The van der Waals surface area contributed by atoms with Gasteiger partial charge in [0, 0.05) is 35.3 Å². The molecule has 0 unspecified atom stereocenters. The Morgan fingerprint density at radius 1 is 0.639 bits per heavy atom. The van der Waals surface area contributed by atoms with Crippen molar-refractivity contribution in [1.29, 1.82) is 10.5 Å². The van der Waals surface area contributed by atoms with Gasteiger partial charge < -0.3 is 5.32 Å². The number of halogens is 5. The molecular formula is C26H12Cl5N3S2. The third kappa shape index (κ3) is 6.20. The van der Waals surface area contributed by atoms with Crippen molar-refractivity contribution in [1.82, 2.24) is 0 Å². The summed E-state index contributed by atoms with van der Waals surface area (Å²) in [6.07, 6.45) is 0. The minimum Gasteiger partial charge on any atom is -0.354 e. The summed E-state index contributed by atoms with van der Waals surface area (Å²) >= 11 is 34.8. The van der Waals surface area contributed by atoms with Gasteiger partial charge in [0.1, 0.15) is 12.1 Å². The second kappa shape index (κ2) is 11.9. The number of hydrogen-bond acceptors (Lipinski definition) is 5. The highest BCUT2D eigenvalue weighted by molar-refractivity contribution is 8.02. The molecule has 0 amide bonds. The summed E-state index contributed by atoms with van der Waals surface area (Å²) < 4.78 is 0. The fraction of sp³-hybridized carbons (Fsp3) is 0. The summed E-state index contributed by atoms with van der Waals surface area (Å²) in [7, 11) is 0. The first kappa shape index (κ1) is 26.9. The molecule has 0 radical (unpaired) electrons. The van der Waals surface area contributed by atoms with E-state index < -0.39 is 0 Å². The van der Waals surface area contributed by atoms with Crippen molar-refractivity contribution in [2.24, 2.45) is 0 Å². The van der Waals surface area contributed by atoms with Gasteiger partial charge in [0.15, 0.2) is 0 Å². The molecule has 0 spiro atoms. The van der Waals surface area contributed by atoms with Crippen molar-refractivity contribution in [2.75, 3.05) is 5.32 Å². The lowest BCUT2D eigenvalue weighted by molar-refractivity contribution is 1.23. The van der Waals surface area contributed by atoms with Gasteiger partial charge in [-0.1, -0.05) is 87.6 Å². The van der Waals surface area contributed by atoms with Gasteiger partial charge in [-0.25, -0.2) is 0 Å². The van der Waals surface area contributed by atoms with E-state index in [0.717, 1.165) is 19.6 Å². The van der Waals surface area contributed by atoms with Crippen LogP contribution >= 0.6 is 81.5 Å². The first-order valence-electron chi connectivity index (χ1n) is 10.1. The van der Waals surface area contributed by atoms with Gasteiger partial charge in [-0.05, 0) is 60.7 Å². The summed E-state index contributed by atoms with van der Waals surface area (Å²) in [5.74, 6) is 0. The van der Waals surface area contributed by atoms with Crippen LogP contribution in [0.25, 0.3) is 0 Å². The van der Waals surface area contributed by atoms with E-state index in [1.807, 2.05) is 12.1 Å². The van der Waals surface area contributed by atoms with E-state index in [4.69, 9.17) is 58.0 Å². The molecule has 0 saturated heterocycles. The zero-order valence-electron chi connectivity index (χ0n) is 18.0. The molecule has 4 aromatic carbocycles. The zero-order valence-corrected chi connectivity index (χ0v) is 23.4. The standard InChI is InChI=1S/C26H12Cl5N3S2/c27-15-4-6-19(29)23(8-15)35-25-11-17(34-22-3-1-2-14(12-32)18(22)13-33)10-21(31)26(25)36-24-9-16(28)5-7-20(24)30/h1-11,34H. The van der Waals surface area contributed by atoms with Crippen molar-refractivity contribution in [3.8, 4) is 12.1 Å². The maximum atomic E-state index is 9.60. The minimum absolute atomic E-state index is 0.243. The number of nitrogens with zero attached hydrogens (tertiary/aromatic N) is 2. The second-order valence-corrected chi connectivity index (χ2v) is 11.4. The molecule has 0 aliphatic carbocycles. The van der Waals surface area contributed by atoms with Crippen LogP contribution < -0.4 is 5.32 Å². The molecule has 0 fully saturated rings. The van der Waals surface area contributed by atoms with Crippen molar-refractivity contribution < 1.29 is 0 Å². The van der Waals surface area contributed by atoms with Crippen LogP contribution in [-0.2, 0) is 0 Å². The Labute approximate surface area is 241 Å². The van der Waals surface area contributed by atoms with Gasteiger partial charge in [0.25, 0.3) is 0 Å². The molecule has 4 rings (SSSR count). The van der Waals surface area contributed by atoms with E-state index in [0.29, 0.717) is 36.5 Å². The average molecular weight is 608 g/mol. The number of anilines is 2. The van der Waals surface area contributed by atoms with E-state index in [1.54, 1.807) is 60.7 Å². The van der Waals surface area contributed by atoms with Gasteiger partial charge in [-0.15, -0.1) is 0 Å². The van der Waals surface area contributed by atoms with E-state index in [-0.39, 0.29) is 11.1 Å². The van der Waals surface area contributed by atoms with Gasteiger partial charge in [0.05, 0.1) is 31.9 Å². The second-order valence-electron chi connectivity index (χ2n) is 7.22. The van der Waals surface area contributed by atoms with E-state index in [9.17, 15) is 10.5 Å². The maximum Gasteiger partial charge on any atom is 0.103 e. The molecule has 0 heterocycles. The Morgan fingerprint density at radius 2 is 1.28 bits per heavy atom. The third-order valence-corrected chi connectivity index (χ3v) is 9.00. The molecule has 36 heavy (non-hydrogen) atoms. The van der Waals surface area contributed by atoms with Crippen molar-refractivity contribution in [3.05, 3.63) is 103 Å². The molecule has 178 valence electrons. The predicted octanol–water partition coefficient (Wildman–Crippen LogP) is 10.7. The molecule has 0 aliphatic heterocycles. The molecule has 0 aliphatic rings. The smallest absolute Gasteiger partial charge is 0.103 e. The van der Waals surface area contributed by atoms with Crippen LogP contribution in [0.4, 0.5) is 11.4 Å². The first-order valence-corrected chi connectivity index (χ1v) is 13.6. The van der Waals surface area contributed by atoms with Crippen molar-refractivity contribution in [2.45, 2.75) is 19.6 Å². The van der Waals surface area contributed by atoms with Crippen LogP contribution in [0.2, 0.25) is 25.1 Å². The molecule has 4 aromatic rings. The molecule has 0 atom stereocenters. The molecule has 10 heteroatoms. The highest BCUT2D eigenvalue weighted by Gasteiger charge is 2.17. The zero-order chi connectivity index (χ0) is 25.8. The number of hydrogen-bond donors (Lipinski definition) is 1. The monoisotopic (exact) mass is 605 g/mol. The molecule has 0 bridgehead atoms. The van der Waals surface area contributed by atoms with Crippen LogP contribution in [0.1, 0.15) is 11.1 Å². The summed E-state index contributed by atoms with van der Waals surface area (Å²) in [5, 5.41) is 24.8. The van der Waals surface area contributed by atoms with Gasteiger partial charge in [0.2, 0.25) is 0 Å². The summed E-state index contributed by atoms with van der Waals surface area (Å²) in [6, 6.07) is 23.2. The van der Waals surface area contributed by atoms with Crippen LogP contribution in [-0.4, -0.2) is 0 Å². The van der Waals surface area contributed by atoms with E-state index in [2.05, 4.69) is 11.4 Å². The van der Waals surface area contributed by atoms with Crippen LogP contribution in [0.3, 0.4) is 0 Å². The Balaban J connectivity index is 1.82. The highest BCUT2D eigenvalue weighted by atomic mass is 35.5. The molecular weight excluding hydrogens is 596 g/mol. The fourth-order valence-electron chi connectivity index (χ4n) is 3.18. The summed E-state index contributed by atoms with van der Waals surface area (Å²) in [6.45, 7) is 0. The lowest BCUT2D eigenvalue weighted by atomic mass is 10.1. The van der Waals surface area contributed by atoms with Crippen LogP contribution in [0.5, 0.6) is 0 Å². The van der Waals surface area contributed by atoms with E-state index in [1.165, 1.54) is 23.5 Å². The lowest BCUT2D eigenvalue weighted by Crippen LogP contribution is -1.97. The van der Waals surface area contributed by atoms with Gasteiger partial charge in [-0.3, -0.25) is 0 Å². The normalized spacial score (nSPS) is 10.5. The number of benzene rings is 4. The van der Waals surface area contributed by atoms with Gasteiger partial charge in [-0.2, -0.15) is 10.5 Å². The Hall–Kier alpha value is -2.19. The summed E-state index contributed by atoms with van der Waals surface area (Å²) in [5.41, 5.74) is 1.63. The van der Waals surface area contributed by atoms with E-state index >= 15 is 0 Å². The Kier molecular flexibility index (Phi) is 8.88. The number of nitrogens with one attached hydrogen (secondary N) is 1. The van der Waals surface area contributed by atoms with Crippen molar-refractivity contribution >= 4 is 92.9 Å². The molecule has 3 nitrogen and oxygen atoms in total. The third-order valence-electron chi connectivity index (χ3n) is 4.80. The average Bonchev–Trinajstić information content (AvgIpc) is 2.85. The predicted molar refractivity (Wildman–Crippen MR) is 152 cm³/mol. The molecule has 1 N–H and O–H groups in total.